The number of amides is 1. The van der Waals surface area contributed by atoms with Gasteiger partial charge in [0.05, 0.1) is 0 Å². The number of aliphatic imine (C=N–C) groups is 1. The number of carbonyl (C=O) groups is 1. The van der Waals surface area contributed by atoms with Crippen molar-refractivity contribution in [1.29, 1.82) is 0 Å². The fourth-order valence-electron chi connectivity index (χ4n) is 3.54. The van der Waals surface area contributed by atoms with Crippen LogP contribution in [0.15, 0.2) is 53.7 Å². The highest BCUT2D eigenvalue weighted by Crippen LogP contribution is 2.14. The first-order valence-electron chi connectivity index (χ1n) is 10.6. The molecule has 2 heterocycles. The van der Waals surface area contributed by atoms with Crippen molar-refractivity contribution in [2.75, 3.05) is 43.4 Å². The SMILES string of the molecule is CN=C(NCc1cccc(NC(=O)CC(C)C)c1)N1CCN(c2ccccn2)CC1. The van der Waals surface area contributed by atoms with E-state index in [1.165, 1.54) is 0 Å². The van der Waals surface area contributed by atoms with Gasteiger partial charge >= 0.3 is 0 Å². The van der Waals surface area contributed by atoms with Gasteiger partial charge in [-0.25, -0.2) is 4.98 Å². The third kappa shape index (κ3) is 6.20. The number of anilines is 2. The topological polar surface area (TPSA) is 72.9 Å². The Kier molecular flexibility index (Phi) is 7.65. The minimum absolute atomic E-state index is 0.0525. The number of carbonyl (C=O) groups excluding carboxylic acids is 1. The number of rotatable bonds is 6. The second-order valence-corrected chi connectivity index (χ2v) is 7.91. The molecule has 0 saturated carbocycles. The second-order valence-electron chi connectivity index (χ2n) is 7.91. The van der Waals surface area contributed by atoms with Gasteiger partial charge in [-0.15, -0.1) is 0 Å². The van der Waals surface area contributed by atoms with Gasteiger partial charge in [-0.1, -0.05) is 32.0 Å². The minimum Gasteiger partial charge on any atom is -0.353 e. The zero-order valence-electron chi connectivity index (χ0n) is 18.1. The number of hydrogen-bond acceptors (Lipinski definition) is 4. The van der Waals surface area contributed by atoms with Crippen molar-refractivity contribution in [3.05, 3.63) is 54.2 Å². The summed E-state index contributed by atoms with van der Waals surface area (Å²) in [6.07, 6.45) is 2.36. The third-order valence-corrected chi connectivity index (χ3v) is 5.02. The summed E-state index contributed by atoms with van der Waals surface area (Å²) in [5.41, 5.74) is 1.93. The summed E-state index contributed by atoms with van der Waals surface area (Å²) in [4.78, 5) is 25.5. The number of nitrogens with one attached hydrogen (secondary N) is 2. The molecule has 160 valence electrons. The lowest BCUT2D eigenvalue weighted by Crippen LogP contribution is -2.52. The average molecular weight is 409 g/mol. The van der Waals surface area contributed by atoms with Gasteiger partial charge < -0.3 is 20.4 Å². The molecule has 0 unspecified atom stereocenters. The van der Waals surface area contributed by atoms with Crippen LogP contribution in [-0.2, 0) is 11.3 Å². The van der Waals surface area contributed by atoms with Crippen molar-refractivity contribution in [3.8, 4) is 0 Å². The van der Waals surface area contributed by atoms with E-state index in [0.717, 1.165) is 49.2 Å². The molecule has 2 N–H and O–H groups in total. The van der Waals surface area contributed by atoms with Crippen LogP contribution in [-0.4, -0.2) is 55.0 Å². The zero-order valence-corrected chi connectivity index (χ0v) is 18.1. The molecule has 3 rings (SSSR count). The Bertz CT molecular complexity index is 844. The van der Waals surface area contributed by atoms with E-state index < -0.39 is 0 Å². The van der Waals surface area contributed by atoms with E-state index in [0.29, 0.717) is 18.9 Å². The zero-order chi connectivity index (χ0) is 21.3. The largest absolute Gasteiger partial charge is 0.353 e. The van der Waals surface area contributed by atoms with Crippen molar-refractivity contribution in [2.24, 2.45) is 10.9 Å². The fourth-order valence-corrected chi connectivity index (χ4v) is 3.54. The molecule has 0 spiro atoms. The van der Waals surface area contributed by atoms with E-state index in [1.807, 2.05) is 57.4 Å². The Hall–Kier alpha value is -3.09. The molecular formula is C23H32N6O. The quantitative estimate of drug-likeness (QED) is 0.568. The maximum atomic E-state index is 12.0. The predicted octanol–water partition coefficient (Wildman–Crippen LogP) is 2.96. The Balaban J connectivity index is 1.51. The van der Waals surface area contributed by atoms with Gasteiger partial charge in [0.25, 0.3) is 0 Å². The maximum absolute atomic E-state index is 12.0. The molecule has 1 fully saturated rings. The van der Waals surface area contributed by atoms with Gasteiger partial charge in [-0.05, 0) is 35.7 Å². The number of aromatic nitrogens is 1. The summed E-state index contributed by atoms with van der Waals surface area (Å²) in [5, 5.41) is 6.43. The lowest BCUT2D eigenvalue weighted by molar-refractivity contribution is -0.116. The summed E-state index contributed by atoms with van der Waals surface area (Å²) in [5.74, 6) is 2.31. The molecule has 0 atom stereocenters. The fraction of sp³-hybridized carbons (Fsp3) is 0.435. The van der Waals surface area contributed by atoms with Crippen LogP contribution < -0.4 is 15.5 Å². The summed E-state index contributed by atoms with van der Waals surface area (Å²) < 4.78 is 0. The highest BCUT2D eigenvalue weighted by molar-refractivity contribution is 5.90. The first kappa shape index (κ1) is 21.6. The molecule has 1 amide bonds. The van der Waals surface area contributed by atoms with Crippen LogP contribution in [0.2, 0.25) is 0 Å². The van der Waals surface area contributed by atoms with Crippen LogP contribution >= 0.6 is 0 Å². The second kappa shape index (κ2) is 10.6. The lowest BCUT2D eigenvalue weighted by Gasteiger charge is -2.37. The van der Waals surface area contributed by atoms with E-state index in [9.17, 15) is 4.79 Å². The normalized spacial score (nSPS) is 14.7. The molecule has 1 aromatic heterocycles. The van der Waals surface area contributed by atoms with Crippen LogP contribution in [0.1, 0.15) is 25.8 Å². The third-order valence-electron chi connectivity index (χ3n) is 5.02. The van der Waals surface area contributed by atoms with Crippen molar-refractivity contribution < 1.29 is 4.79 Å². The molecule has 30 heavy (non-hydrogen) atoms. The smallest absolute Gasteiger partial charge is 0.224 e. The first-order valence-corrected chi connectivity index (χ1v) is 10.6. The summed E-state index contributed by atoms with van der Waals surface area (Å²) in [6, 6.07) is 14.0. The standard InChI is InChI=1S/C23H32N6O/c1-18(2)15-22(30)27-20-8-6-7-19(16-20)17-26-23(24-3)29-13-11-28(12-14-29)21-9-4-5-10-25-21/h4-10,16,18H,11-15,17H2,1-3H3,(H,24,26)(H,27,30). The molecule has 1 aromatic carbocycles. The van der Waals surface area contributed by atoms with Crippen molar-refractivity contribution in [1.82, 2.24) is 15.2 Å². The van der Waals surface area contributed by atoms with Crippen molar-refractivity contribution in [2.45, 2.75) is 26.8 Å². The summed E-state index contributed by atoms with van der Waals surface area (Å²) >= 11 is 0. The Labute approximate surface area is 179 Å². The van der Waals surface area contributed by atoms with Crippen molar-refractivity contribution in [3.63, 3.8) is 0 Å². The number of hydrogen-bond donors (Lipinski definition) is 2. The highest BCUT2D eigenvalue weighted by Gasteiger charge is 2.20. The molecular weight excluding hydrogens is 376 g/mol. The summed E-state index contributed by atoms with van der Waals surface area (Å²) in [6.45, 7) is 8.34. The molecule has 7 heteroatoms. The van der Waals surface area contributed by atoms with E-state index in [4.69, 9.17) is 0 Å². The van der Waals surface area contributed by atoms with E-state index in [-0.39, 0.29) is 5.91 Å². The predicted molar refractivity (Wildman–Crippen MR) is 123 cm³/mol. The molecule has 7 nitrogen and oxygen atoms in total. The number of nitrogens with zero attached hydrogens (tertiary/aromatic N) is 4. The van der Waals surface area contributed by atoms with Gasteiger partial charge in [0.15, 0.2) is 5.96 Å². The van der Waals surface area contributed by atoms with Crippen LogP contribution in [0.3, 0.4) is 0 Å². The van der Waals surface area contributed by atoms with Crippen LogP contribution in [0.5, 0.6) is 0 Å². The number of piperazine rings is 1. The average Bonchev–Trinajstić information content (AvgIpc) is 2.75. The van der Waals surface area contributed by atoms with Crippen LogP contribution in [0.4, 0.5) is 11.5 Å². The number of benzene rings is 1. The minimum atomic E-state index is 0.0525. The van der Waals surface area contributed by atoms with Gasteiger partial charge in [0.2, 0.25) is 5.91 Å². The monoisotopic (exact) mass is 408 g/mol. The Morgan fingerprint density at radius 2 is 1.93 bits per heavy atom. The Morgan fingerprint density at radius 1 is 1.13 bits per heavy atom. The van der Waals surface area contributed by atoms with Crippen molar-refractivity contribution >= 4 is 23.4 Å². The first-order chi connectivity index (χ1) is 14.5. The molecule has 0 aliphatic carbocycles. The van der Waals surface area contributed by atoms with Crippen LogP contribution in [0.25, 0.3) is 0 Å². The molecule has 1 aliphatic heterocycles. The number of pyridine rings is 1. The van der Waals surface area contributed by atoms with E-state index in [1.54, 1.807) is 0 Å². The van der Waals surface area contributed by atoms with E-state index >= 15 is 0 Å². The van der Waals surface area contributed by atoms with Gasteiger partial charge in [-0.3, -0.25) is 9.79 Å². The molecule has 0 radical (unpaired) electrons. The molecule has 1 saturated heterocycles. The molecule has 0 bridgehead atoms. The molecule has 1 aliphatic rings. The highest BCUT2D eigenvalue weighted by atomic mass is 16.1. The van der Waals surface area contributed by atoms with Gasteiger partial charge in [-0.2, -0.15) is 0 Å². The molecule has 2 aromatic rings. The van der Waals surface area contributed by atoms with E-state index in [2.05, 4.69) is 42.5 Å². The lowest BCUT2D eigenvalue weighted by atomic mass is 10.1. The Morgan fingerprint density at radius 3 is 2.60 bits per heavy atom. The maximum Gasteiger partial charge on any atom is 0.224 e. The van der Waals surface area contributed by atoms with Gasteiger partial charge in [0, 0.05) is 58.1 Å². The number of guanidine groups is 1. The van der Waals surface area contributed by atoms with Gasteiger partial charge in [0.1, 0.15) is 5.82 Å². The summed E-state index contributed by atoms with van der Waals surface area (Å²) in [7, 11) is 1.82. The van der Waals surface area contributed by atoms with Crippen LogP contribution in [0, 0.1) is 5.92 Å².